The highest BCUT2D eigenvalue weighted by atomic mass is 35.5. The average Bonchev–Trinajstić information content (AvgIpc) is 3.66. The largest absolute Gasteiger partial charge is 0.495 e. The second-order valence-corrected chi connectivity index (χ2v) is 12.8. The van der Waals surface area contributed by atoms with E-state index in [9.17, 15) is 19.5 Å². The molecule has 3 heterocycles. The fourth-order valence-electron chi connectivity index (χ4n) is 5.88. The molecule has 0 spiro atoms. The van der Waals surface area contributed by atoms with E-state index in [1.165, 1.54) is 19.1 Å². The van der Waals surface area contributed by atoms with Gasteiger partial charge in [-0.2, -0.15) is 0 Å². The van der Waals surface area contributed by atoms with E-state index in [1.54, 1.807) is 40.0 Å². The predicted octanol–water partition coefficient (Wildman–Crippen LogP) is 4.32. The molecule has 2 saturated heterocycles. The molecule has 7 atom stereocenters. The zero-order valence-corrected chi connectivity index (χ0v) is 27.3. The first-order valence-electron chi connectivity index (χ1n) is 14.7. The normalized spacial score (nSPS) is 34.7. The molecule has 0 saturated carbocycles. The van der Waals surface area contributed by atoms with Crippen LogP contribution in [0.3, 0.4) is 0 Å². The number of benzene rings is 1. The summed E-state index contributed by atoms with van der Waals surface area (Å²) in [6, 6.07) is 3.63. The van der Waals surface area contributed by atoms with Crippen molar-refractivity contribution in [2.24, 2.45) is 11.8 Å². The summed E-state index contributed by atoms with van der Waals surface area (Å²) >= 11 is 6.68. The molecule has 11 nitrogen and oxygen atoms in total. The highest BCUT2D eigenvalue weighted by Crippen LogP contribution is 2.49. The number of allylic oxidation sites excluding steroid dienone is 3. The second kappa shape index (κ2) is 13.1. The number of hydrogen-bond acceptors (Lipinski definition) is 9. The number of ether oxygens (including phenoxy) is 5. The number of carbonyl (C=O) groups is 3. The molecule has 44 heavy (non-hydrogen) atoms. The van der Waals surface area contributed by atoms with E-state index in [1.807, 2.05) is 32.1 Å². The first-order valence-corrected chi connectivity index (χ1v) is 15.1. The summed E-state index contributed by atoms with van der Waals surface area (Å²) in [5.74, 6) is -1.30. The quantitative estimate of drug-likeness (QED) is 0.366. The third kappa shape index (κ3) is 6.91. The Labute approximate surface area is 263 Å². The minimum atomic E-state index is -1.77. The predicted molar refractivity (Wildman–Crippen MR) is 164 cm³/mol. The van der Waals surface area contributed by atoms with Crippen LogP contribution in [0.2, 0.25) is 5.02 Å². The van der Waals surface area contributed by atoms with Crippen molar-refractivity contribution in [2.75, 3.05) is 26.2 Å². The van der Waals surface area contributed by atoms with E-state index in [2.05, 4.69) is 5.32 Å². The lowest BCUT2D eigenvalue weighted by molar-refractivity contribution is -0.157. The summed E-state index contributed by atoms with van der Waals surface area (Å²) in [5.41, 5.74) is -0.587. The molecule has 0 aromatic heterocycles. The molecule has 2 N–H and O–H groups in total. The number of aliphatic hydroxyl groups is 1. The van der Waals surface area contributed by atoms with Crippen molar-refractivity contribution in [3.05, 3.63) is 46.5 Å². The van der Waals surface area contributed by atoms with Crippen molar-refractivity contribution in [1.29, 1.82) is 0 Å². The van der Waals surface area contributed by atoms with Crippen LogP contribution in [0.15, 0.2) is 35.9 Å². The summed E-state index contributed by atoms with van der Waals surface area (Å²) in [7, 11) is 4.56. The number of methoxy groups -OCH3 is 2. The zero-order chi connectivity index (χ0) is 32.6. The Morgan fingerprint density at radius 1 is 1.25 bits per heavy atom. The van der Waals surface area contributed by atoms with Crippen molar-refractivity contribution in [2.45, 2.75) is 89.6 Å². The van der Waals surface area contributed by atoms with E-state index in [-0.39, 0.29) is 23.8 Å². The Balaban J connectivity index is 1.80. The smallest absolute Gasteiger partial charge is 0.409 e. The highest BCUT2D eigenvalue weighted by molar-refractivity contribution is 6.35. The molecule has 0 radical (unpaired) electrons. The van der Waals surface area contributed by atoms with Gasteiger partial charge in [0, 0.05) is 26.5 Å². The van der Waals surface area contributed by atoms with Crippen LogP contribution in [0.4, 0.5) is 10.5 Å². The number of halogens is 1. The van der Waals surface area contributed by atoms with Gasteiger partial charge in [-0.3, -0.25) is 14.9 Å². The van der Waals surface area contributed by atoms with Crippen molar-refractivity contribution in [3.63, 3.8) is 0 Å². The number of nitrogens with zero attached hydrogens (tertiary/aromatic N) is 1. The lowest BCUT2D eigenvalue weighted by atomic mass is 9.83. The summed E-state index contributed by atoms with van der Waals surface area (Å²) in [6.07, 6.45) is 1.65. The van der Waals surface area contributed by atoms with E-state index in [4.69, 9.17) is 35.3 Å². The first-order chi connectivity index (χ1) is 20.6. The van der Waals surface area contributed by atoms with E-state index in [0.717, 1.165) is 11.1 Å². The Kier molecular flexibility index (Phi) is 10.0. The molecule has 0 aliphatic carbocycles. The van der Waals surface area contributed by atoms with Gasteiger partial charge in [0.2, 0.25) is 5.91 Å². The number of esters is 1. The fraction of sp³-hybridized carbons (Fsp3) is 0.594. The molecule has 1 aromatic carbocycles. The standard InChI is InChI=1S/C32H43ClN2O9/c1-17(2)29(37)43-25-15-26(36)35(6)21-13-20(14-22(40-7)27(21)33)12-18(3)10-9-11-24(41-8)32(39)16-23(42-30(38)34-32)19(4)28-31(25,5)44-28/h9-11,13-14,17,19,23-25,28,39H,12,15-16H2,1-8H3,(H,34,38)/b11-9+,18-10+/t19-,23?,24+,25-,28?,31?,32-/m0/s1. The Morgan fingerprint density at radius 2 is 1.95 bits per heavy atom. The van der Waals surface area contributed by atoms with Crippen LogP contribution in [0.5, 0.6) is 5.75 Å². The van der Waals surface area contributed by atoms with Gasteiger partial charge in [0.15, 0.2) is 5.72 Å². The first kappa shape index (κ1) is 33.8. The Bertz CT molecular complexity index is 1350. The van der Waals surface area contributed by atoms with Crippen molar-refractivity contribution in [3.8, 4) is 5.75 Å². The second-order valence-electron chi connectivity index (χ2n) is 12.4. The van der Waals surface area contributed by atoms with Crippen LogP contribution < -0.4 is 15.0 Å². The molecule has 3 unspecified atom stereocenters. The Morgan fingerprint density at radius 3 is 2.59 bits per heavy atom. The summed E-state index contributed by atoms with van der Waals surface area (Å²) in [4.78, 5) is 40.7. The van der Waals surface area contributed by atoms with Crippen molar-refractivity contribution in [1.82, 2.24) is 5.32 Å². The molecule has 4 bridgehead atoms. The molecular formula is C32H43ClN2O9. The maximum Gasteiger partial charge on any atom is 0.409 e. The molecule has 4 rings (SSSR count). The van der Waals surface area contributed by atoms with Gasteiger partial charge in [-0.25, -0.2) is 4.79 Å². The van der Waals surface area contributed by atoms with Gasteiger partial charge in [-0.15, -0.1) is 0 Å². The summed E-state index contributed by atoms with van der Waals surface area (Å²) < 4.78 is 28.8. The number of nitrogens with one attached hydrogen (secondary N) is 1. The SMILES string of the molecule is COc1cc2cc(c1Cl)N(C)C(=O)C[C@H](OC(=O)C(C)C)C1(C)OC1[C@@H](C)C1C[C@@](O)(NC(=O)O1)[C@H](OC)/C=C/C=C(\C)C2. The van der Waals surface area contributed by atoms with Crippen LogP contribution in [-0.4, -0.2) is 80.1 Å². The van der Waals surface area contributed by atoms with Crippen LogP contribution in [0, 0.1) is 11.8 Å². The van der Waals surface area contributed by atoms with E-state index < -0.39 is 59.6 Å². The number of hydrogen-bond donors (Lipinski definition) is 2. The number of carbonyl (C=O) groups excluding carboxylic acids is 3. The molecule has 242 valence electrons. The maximum absolute atomic E-state index is 13.8. The number of epoxide rings is 1. The number of amides is 2. The topological polar surface area (TPSA) is 136 Å². The maximum atomic E-state index is 13.8. The number of fused-ring (bicyclic) bond motifs is 5. The number of anilines is 1. The number of rotatable bonds is 4. The van der Waals surface area contributed by atoms with E-state index >= 15 is 0 Å². The van der Waals surface area contributed by atoms with Gasteiger partial charge >= 0.3 is 12.1 Å². The van der Waals surface area contributed by atoms with Crippen LogP contribution in [-0.2, 0) is 35.0 Å². The molecule has 2 fully saturated rings. The van der Waals surface area contributed by atoms with E-state index in [0.29, 0.717) is 17.9 Å². The van der Waals surface area contributed by atoms with Crippen LogP contribution >= 0.6 is 11.6 Å². The molecule has 12 heteroatoms. The fourth-order valence-corrected chi connectivity index (χ4v) is 6.19. The van der Waals surface area contributed by atoms with Gasteiger partial charge in [-0.1, -0.05) is 56.2 Å². The van der Waals surface area contributed by atoms with Gasteiger partial charge < -0.3 is 33.7 Å². The minimum Gasteiger partial charge on any atom is -0.495 e. The Hall–Kier alpha value is -3.12. The monoisotopic (exact) mass is 634 g/mol. The van der Waals surface area contributed by atoms with Crippen molar-refractivity contribution < 1.29 is 43.2 Å². The molecular weight excluding hydrogens is 592 g/mol. The van der Waals surface area contributed by atoms with Gasteiger partial charge in [0.05, 0.1) is 31.2 Å². The minimum absolute atomic E-state index is 0.00361. The van der Waals surface area contributed by atoms with Crippen LogP contribution in [0.25, 0.3) is 0 Å². The lowest BCUT2D eigenvalue weighted by Crippen LogP contribution is -2.63. The molecule has 2 amide bonds. The lowest BCUT2D eigenvalue weighted by Gasteiger charge is -2.42. The van der Waals surface area contributed by atoms with Gasteiger partial charge in [0.1, 0.15) is 34.7 Å². The summed E-state index contributed by atoms with van der Waals surface area (Å²) in [6.45, 7) is 8.95. The van der Waals surface area contributed by atoms with Gasteiger partial charge in [-0.05, 0) is 38.0 Å². The number of alkyl carbamates (subject to hydrolysis) is 1. The average molecular weight is 635 g/mol. The third-order valence-electron chi connectivity index (χ3n) is 8.68. The summed E-state index contributed by atoms with van der Waals surface area (Å²) in [5, 5.41) is 14.4. The van der Waals surface area contributed by atoms with Crippen molar-refractivity contribution >= 4 is 35.3 Å². The third-order valence-corrected chi connectivity index (χ3v) is 9.06. The molecule has 1 aromatic rings. The van der Waals surface area contributed by atoms with Gasteiger partial charge in [0.25, 0.3) is 0 Å². The molecule has 3 aliphatic heterocycles. The zero-order valence-electron chi connectivity index (χ0n) is 26.5. The molecule has 3 aliphatic rings. The van der Waals surface area contributed by atoms with Crippen LogP contribution in [0.1, 0.15) is 53.0 Å². The highest BCUT2D eigenvalue weighted by Gasteiger charge is 2.64.